The molecule has 0 bridgehead atoms. The van der Waals surface area contributed by atoms with Gasteiger partial charge in [0.25, 0.3) is 0 Å². The Morgan fingerprint density at radius 2 is 1.83 bits per heavy atom. The highest BCUT2D eigenvalue weighted by Crippen LogP contribution is 2.15. The third-order valence-corrected chi connectivity index (χ3v) is 2.55. The maximum atomic E-state index is 13.6. The first kappa shape index (κ1) is 16.1. The van der Waals surface area contributed by atoms with Crippen LogP contribution in [0.3, 0.4) is 0 Å². The minimum atomic E-state index is -0.753. The lowest BCUT2D eigenvalue weighted by Crippen LogP contribution is -2.22. The van der Waals surface area contributed by atoms with Gasteiger partial charge in [-0.25, -0.2) is 4.39 Å². The molecule has 1 aromatic rings. The minimum absolute atomic E-state index is 0.111. The fraction of sp³-hybridized carbons (Fsp3) is 0.385. The number of nitrogens with zero attached hydrogens (tertiary/aromatic N) is 1. The molecule has 0 aliphatic heterocycles. The van der Waals surface area contributed by atoms with E-state index in [0.29, 0.717) is 5.56 Å². The van der Waals surface area contributed by atoms with E-state index in [2.05, 4.69) is 4.98 Å². The molecule has 0 atom stereocenters. The van der Waals surface area contributed by atoms with E-state index in [-0.39, 0.29) is 23.7 Å². The van der Waals surface area contributed by atoms with Crippen LogP contribution in [0.2, 0.25) is 0 Å². The maximum absolute atomic E-state index is 13.6. The predicted molar refractivity (Wildman–Crippen MR) is 64.6 cm³/mol. The van der Waals surface area contributed by atoms with Crippen molar-refractivity contribution >= 4 is 18.4 Å². The third kappa shape index (κ3) is 4.16. The summed E-state index contributed by atoms with van der Waals surface area (Å²) in [6, 6.07) is 1.50. The van der Waals surface area contributed by atoms with Crippen molar-refractivity contribution in [1.29, 1.82) is 0 Å². The highest BCUT2D eigenvalue weighted by Gasteiger charge is 2.21. The number of hydrogen-bond acceptors (Lipinski definition) is 4. The van der Waals surface area contributed by atoms with Gasteiger partial charge in [-0.2, -0.15) is 0 Å². The average molecular weight is 253 g/mol. The molecule has 5 heteroatoms. The van der Waals surface area contributed by atoms with Gasteiger partial charge >= 0.3 is 0 Å². The Bertz CT molecular complexity index is 432. The fourth-order valence-corrected chi connectivity index (χ4v) is 1.55. The van der Waals surface area contributed by atoms with Gasteiger partial charge in [0.05, 0.1) is 11.6 Å². The second-order valence-electron chi connectivity index (χ2n) is 3.85. The van der Waals surface area contributed by atoms with E-state index >= 15 is 0 Å². The van der Waals surface area contributed by atoms with Crippen molar-refractivity contribution in [2.24, 2.45) is 5.92 Å². The van der Waals surface area contributed by atoms with Crippen molar-refractivity contribution in [2.75, 3.05) is 0 Å². The summed E-state index contributed by atoms with van der Waals surface area (Å²) >= 11 is 0. The van der Waals surface area contributed by atoms with Gasteiger partial charge in [0.1, 0.15) is 24.2 Å². The fourth-order valence-electron chi connectivity index (χ4n) is 1.55. The van der Waals surface area contributed by atoms with Gasteiger partial charge in [-0.05, 0) is 38.8 Å². The van der Waals surface area contributed by atoms with Gasteiger partial charge in [-0.15, -0.1) is 0 Å². The predicted octanol–water partition coefficient (Wildman–Crippen LogP) is 1.68. The highest BCUT2D eigenvalue weighted by molar-refractivity contribution is 6.00. The van der Waals surface area contributed by atoms with Crippen LogP contribution in [0.15, 0.2) is 12.3 Å². The van der Waals surface area contributed by atoms with E-state index in [1.54, 1.807) is 6.92 Å². The van der Waals surface area contributed by atoms with Crippen LogP contribution < -0.4 is 0 Å². The Balaban J connectivity index is 0.00000137. The summed E-state index contributed by atoms with van der Waals surface area (Å²) in [7, 11) is 0. The van der Waals surface area contributed by atoms with Crippen LogP contribution in [0.25, 0.3) is 0 Å². The molecule has 4 nitrogen and oxygen atoms in total. The Kier molecular flexibility index (Phi) is 6.63. The van der Waals surface area contributed by atoms with Crippen molar-refractivity contribution in [3.05, 3.63) is 29.3 Å². The number of Topliss-reactive ketones (excluding diaryl/α,β-unsaturated/α-hetero) is 2. The lowest BCUT2D eigenvalue weighted by Gasteiger charge is -2.11. The van der Waals surface area contributed by atoms with Crippen molar-refractivity contribution in [2.45, 2.75) is 27.2 Å². The standard InChI is InChI=1S/C12H14FNO2.CH2O/c1-7-12(13)10(4-5-14-7)6-11(8(2)15)9(3)16;1-2/h4-5,11H,6H2,1-3H3;1H2. The number of carbonyl (C=O) groups excluding carboxylic acids is 3. The number of ketones is 2. The Labute approximate surface area is 105 Å². The summed E-state index contributed by atoms with van der Waals surface area (Å²) in [5.74, 6) is -1.66. The molecular weight excluding hydrogens is 237 g/mol. The lowest BCUT2D eigenvalue weighted by atomic mass is 9.92. The van der Waals surface area contributed by atoms with Gasteiger partial charge in [-0.1, -0.05) is 0 Å². The number of rotatable bonds is 4. The van der Waals surface area contributed by atoms with Crippen LogP contribution in [0.5, 0.6) is 0 Å². The topological polar surface area (TPSA) is 64.1 Å². The van der Waals surface area contributed by atoms with E-state index in [0.717, 1.165) is 0 Å². The monoisotopic (exact) mass is 253 g/mol. The first-order valence-electron chi connectivity index (χ1n) is 5.33. The van der Waals surface area contributed by atoms with Crippen molar-refractivity contribution in [3.63, 3.8) is 0 Å². The number of pyridine rings is 1. The van der Waals surface area contributed by atoms with E-state index < -0.39 is 11.7 Å². The Hall–Kier alpha value is -1.91. The van der Waals surface area contributed by atoms with Crippen LogP contribution in [-0.2, 0) is 20.8 Å². The second kappa shape index (κ2) is 7.42. The number of aryl methyl sites for hydroxylation is 1. The van der Waals surface area contributed by atoms with E-state index in [9.17, 15) is 14.0 Å². The van der Waals surface area contributed by atoms with Crippen LogP contribution >= 0.6 is 0 Å². The third-order valence-electron chi connectivity index (χ3n) is 2.55. The van der Waals surface area contributed by atoms with Crippen molar-refractivity contribution in [1.82, 2.24) is 4.98 Å². The van der Waals surface area contributed by atoms with Gasteiger partial charge in [0, 0.05) is 6.20 Å². The van der Waals surface area contributed by atoms with Gasteiger partial charge < -0.3 is 4.79 Å². The zero-order chi connectivity index (χ0) is 14.3. The molecule has 1 aromatic heterocycles. The van der Waals surface area contributed by atoms with E-state index in [1.807, 2.05) is 6.79 Å². The van der Waals surface area contributed by atoms with Gasteiger partial charge in [0.15, 0.2) is 0 Å². The van der Waals surface area contributed by atoms with Crippen LogP contribution in [-0.4, -0.2) is 23.3 Å². The molecular formula is C13H16FNO3. The van der Waals surface area contributed by atoms with Gasteiger partial charge in [-0.3, -0.25) is 14.6 Å². The van der Waals surface area contributed by atoms with Crippen LogP contribution in [0.4, 0.5) is 4.39 Å². The number of carbonyl (C=O) groups is 3. The molecule has 0 aliphatic carbocycles. The molecule has 18 heavy (non-hydrogen) atoms. The summed E-state index contributed by atoms with van der Waals surface area (Å²) in [5.41, 5.74) is 0.645. The molecule has 0 radical (unpaired) electrons. The van der Waals surface area contributed by atoms with Crippen LogP contribution in [0.1, 0.15) is 25.1 Å². The largest absolute Gasteiger partial charge is 0.307 e. The lowest BCUT2D eigenvalue weighted by molar-refractivity contribution is -0.130. The van der Waals surface area contributed by atoms with E-state index in [1.165, 1.54) is 26.1 Å². The zero-order valence-electron chi connectivity index (χ0n) is 10.7. The minimum Gasteiger partial charge on any atom is -0.307 e. The summed E-state index contributed by atoms with van der Waals surface area (Å²) in [6.45, 7) is 6.24. The zero-order valence-corrected chi connectivity index (χ0v) is 10.7. The quantitative estimate of drug-likeness (QED) is 0.766. The molecule has 1 heterocycles. The molecule has 0 fully saturated rings. The second-order valence-corrected chi connectivity index (χ2v) is 3.85. The smallest absolute Gasteiger partial charge is 0.147 e. The highest BCUT2D eigenvalue weighted by atomic mass is 19.1. The normalized spacial score (nSPS) is 9.61. The van der Waals surface area contributed by atoms with Crippen molar-refractivity contribution in [3.8, 4) is 0 Å². The van der Waals surface area contributed by atoms with E-state index in [4.69, 9.17) is 4.79 Å². The summed E-state index contributed by atoms with van der Waals surface area (Å²) < 4.78 is 13.6. The molecule has 0 saturated heterocycles. The SMILES string of the molecule is C=O.CC(=O)C(Cc1ccnc(C)c1F)C(C)=O. The Morgan fingerprint density at radius 1 is 1.33 bits per heavy atom. The average Bonchev–Trinajstić information content (AvgIpc) is 2.32. The molecule has 0 amide bonds. The molecule has 0 unspecified atom stereocenters. The molecule has 1 rings (SSSR count). The maximum Gasteiger partial charge on any atom is 0.147 e. The number of halogens is 1. The van der Waals surface area contributed by atoms with Crippen LogP contribution in [0, 0.1) is 18.7 Å². The molecule has 0 spiro atoms. The molecule has 0 saturated carbocycles. The first-order valence-corrected chi connectivity index (χ1v) is 5.33. The van der Waals surface area contributed by atoms with Gasteiger partial charge in [0.2, 0.25) is 0 Å². The Morgan fingerprint density at radius 3 is 2.28 bits per heavy atom. The van der Waals surface area contributed by atoms with Crippen molar-refractivity contribution < 1.29 is 18.8 Å². The summed E-state index contributed by atoms with van der Waals surface area (Å²) in [6.07, 6.45) is 1.59. The summed E-state index contributed by atoms with van der Waals surface area (Å²) in [5, 5.41) is 0. The molecule has 0 aromatic carbocycles. The molecule has 0 aliphatic rings. The number of hydrogen-bond donors (Lipinski definition) is 0. The number of aromatic nitrogens is 1. The first-order chi connectivity index (χ1) is 8.43. The summed E-state index contributed by atoms with van der Waals surface area (Å²) in [4.78, 5) is 34.2. The molecule has 98 valence electrons. The molecule has 0 N–H and O–H groups in total.